The number of carbonyl (C=O) groups excluding carboxylic acids is 3. The summed E-state index contributed by atoms with van der Waals surface area (Å²) in [7, 11) is -1.74. The molecule has 9 nitrogen and oxygen atoms in total. The van der Waals surface area contributed by atoms with Gasteiger partial charge in [-0.15, -0.1) is 11.3 Å². The van der Waals surface area contributed by atoms with E-state index in [4.69, 9.17) is 49.3 Å². The summed E-state index contributed by atoms with van der Waals surface area (Å²) in [5.41, 5.74) is -0.0443. The Morgan fingerprint density at radius 1 is 1.02 bits per heavy atom. The molecule has 0 spiro atoms. The molecule has 1 aromatic heterocycles. The van der Waals surface area contributed by atoms with Crippen molar-refractivity contribution in [3.8, 4) is 17.2 Å². The summed E-state index contributed by atoms with van der Waals surface area (Å²) in [5, 5.41) is 1.63. The van der Waals surface area contributed by atoms with Crippen LogP contribution in [0.4, 0.5) is 5.00 Å². The van der Waals surface area contributed by atoms with E-state index in [0.29, 0.717) is 10.0 Å². The number of benzene rings is 2. The van der Waals surface area contributed by atoms with Crippen molar-refractivity contribution in [3.63, 3.8) is 0 Å². The van der Waals surface area contributed by atoms with Crippen molar-refractivity contribution in [1.82, 2.24) is 4.90 Å². The number of anilines is 1. The Bertz CT molecular complexity index is 1560. The number of halogens is 3. The van der Waals surface area contributed by atoms with Crippen LogP contribution in [0, 0.1) is 0 Å². The fourth-order valence-corrected chi connectivity index (χ4v) is 7.35. The number of rotatable bonds is 7. The Morgan fingerprint density at radius 2 is 1.73 bits per heavy atom. The molecule has 40 heavy (non-hydrogen) atoms. The molecule has 3 heterocycles. The Balaban J connectivity index is 1.33. The molecule has 0 saturated carbocycles. The van der Waals surface area contributed by atoms with Crippen molar-refractivity contribution in [2.24, 2.45) is 0 Å². The summed E-state index contributed by atoms with van der Waals surface area (Å²) in [6, 6.07) is 11.5. The average molecular weight is 642 g/mol. The van der Waals surface area contributed by atoms with Gasteiger partial charge in [0.15, 0.2) is 5.75 Å². The van der Waals surface area contributed by atoms with Crippen molar-refractivity contribution in [2.45, 2.75) is 30.5 Å². The van der Waals surface area contributed by atoms with E-state index in [1.54, 1.807) is 36.6 Å². The highest BCUT2D eigenvalue weighted by atomic mass is 35.5. The summed E-state index contributed by atoms with van der Waals surface area (Å²) in [5.74, 6) is -1.43. The molecule has 0 bridgehead atoms. The fraction of sp³-hybridized carbons (Fsp3) is 0.192. The minimum Gasteiger partial charge on any atom is -0.452 e. The summed E-state index contributed by atoms with van der Waals surface area (Å²) in [4.78, 5) is 51.3. The predicted molar refractivity (Wildman–Crippen MR) is 152 cm³/mol. The zero-order valence-corrected chi connectivity index (χ0v) is 24.6. The number of carbonyl (C=O) groups is 3. The van der Waals surface area contributed by atoms with E-state index in [-0.39, 0.29) is 38.8 Å². The van der Waals surface area contributed by atoms with Gasteiger partial charge in [0.25, 0.3) is 5.91 Å². The van der Waals surface area contributed by atoms with Crippen LogP contribution in [-0.4, -0.2) is 43.6 Å². The number of nitrogens with zero attached hydrogens (tertiary/aromatic N) is 2. The maximum atomic E-state index is 13.4. The second-order valence-corrected chi connectivity index (χ2v) is 12.8. The number of hydrogen-bond donors (Lipinski definition) is 0. The smallest absolute Gasteiger partial charge is 0.384 e. The van der Waals surface area contributed by atoms with E-state index in [1.807, 2.05) is 0 Å². The van der Waals surface area contributed by atoms with Gasteiger partial charge in [0.05, 0.1) is 31.6 Å². The lowest BCUT2D eigenvalue weighted by atomic mass is 10.0. The average Bonchev–Trinajstić information content (AvgIpc) is 3.44. The van der Waals surface area contributed by atoms with Crippen molar-refractivity contribution >= 4 is 79.7 Å². The summed E-state index contributed by atoms with van der Waals surface area (Å²) in [6.45, 7) is 2.91. The van der Waals surface area contributed by atoms with Crippen molar-refractivity contribution in [2.75, 3.05) is 4.90 Å². The van der Waals surface area contributed by atoms with Gasteiger partial charge in [-0.25, -0.2) is 9.68 Å². The summed E-state index contributed by atoms with van der Waals surface area (Å²) >= 11 is 19.5. The molecule has 14 heteroatoms. The first-order valence-electron chi connectivity index (χ1n) is 11.6. The molecule has 208 valence electrons. The van der Waals surface area contributed by atoms with Gasteiger partial charge in [-0.3, -0.25) is 28.5 Å². The van der Waals surface area contributed by atoms with E-state index in [1.165, 1.54) is 58.5 Å². The lowest BCUT2D eigenvalue weighted by Gasteiger charge is -2.51. The standard InChI is InChI=1S/C26H19Cl3N2O7S2/c1-13-17(12-30-24(33)23(25(30)40(13)35)31(14(2)32)22-4-3-9-39-22)26(34)38-37-21-11-16(28)6-8-20(21)36-19-7-5-15(27)10-18(19)29/h3-13,23,25H,1-2H3/t13?,23?,25-,40?/m1/s1. The van der Waals surface area contributed by atoms with Gasteiger partial charge in [-0.2, -0.15) is 0 Å². The van der Waals surface area contributed by atoms with E-state index < -0.39 is 39.3 Å². The molecule has 3 aromatic rings. The molecule has 0 N–H and O–H groups in total. The van der Waals surface area contributed by atoms with E-state index in [0.717, 1.165) is 0 Å². The van der Waals surface area contributed by atoms with Crippen LogP contribution in [0.15, 0.2) is 65.7 Å². The van der Waals surface area contributed by atoms with Crippen LogP contribution in [0.25, 0.3) is 0 Å². The predicted octanol–water partition coefficient (Wildman–Crippen LogP) is 5.96. The van der Waals surface area contributed by atoms with Gasteiger partial charge < -0.3 is 4.74 Å². The van der Waals surface area contributed by atoms with E-state index in [2.05, 4.69) is 0 Å². The maximum Gasteiger partial charge on any atom is 0.384 e. The Labute approximate surface area is 250 Å². The summed E-state index contributed by atoms with van der Waals surface area (Å²) in [6.07, 6.45) is 1.29. The molecular weight excluding hydrogens is 623 g/mol. The normalized spacial score (nSPS) is 21.6. The van der Waals surface area contributed by atoms with Gasteiger partial charge in [0.2, 0.25) is 11.7 Å². The third kappa shape index (κ3) is 5.31. The molecule has 2 aliphatic heterocycles. The highest BCUT2D eigenvalue weighted by Crippen LogP contribution is 2.40. The summed E-state index contributed by atoms with van der Waals surface area (Å²) < 4.78 is 19.2. The Kier molecular flexibility index (Phi) is 8.12. The Hall–Kier alpha value is -3.09. The second-order valence-electron chi connectivity index (χ2n) is 8.70. The molecule has 3 unspecified atom stereocenters. The molecule has 1 saturated heterocycles. The van der Waals surface area contributed by atoms with Crippen LogP contribution in [-0.2, 0) is 30.1 Å². The monoisotopic (exact) mass is 640 g/mol. The lowest BCUT2D eigenvalue weighted by molar-refractivity contribution is -0.209. The molecule has 2 aromatic carbocycles. The minimum atomic E-state index is -1.74. The number of fused-ring (bicyclic) bond motifs is 1. The number of hydrogen-bond acceptors (Lipinski definition) is 8. The van der Waals surface area contributed by atoms with E-state index >= 15 is 0 Å². The molecule has 0 radical (unpaired) electrons. The molecule has 1 fully saturated rings. The van der Waals surface area contributed by atoms with Crippen LogP contribution in [0.3, 0.4) is 0 Å². The quantitative estimate of drug-likeness (QED) is 0.178. The van der Waals surface area contributed by atoms with Crippen LogP contribution in [0.2, 0.25) is 15.1 Å². The van der Waals surface area contributed by atoms with E-state index in [9.17, 15) is 18.6 Å². The molecule has 2 aliphatic rings. The second kappa shape index (κ2) is 11.4. The van der Waals surface area contributed by atoms with Gasteiger partial charge >= 0.3 is 5.97 Å². The first kappa shape index (κ1) is 28.4. The van der Waals surface area contributed by atoms with Crippen LogP contribution < -0.4 is 14.5 Å². The number of thiophene rings is 1. The lowest BCUT2D eigenvalue weighted by Crippen LogP contribution is -2.73. The van der Waals surface area contributed by atoms with Gasteiger partial charge in [-0.1, -0.05) is 34.8 Å². The zero-order chi connectivity index (χ0) is 28.7. The Morgan fingerprint density at radius 3 is 2.38 bits per heavy atom. The number of β-lactam (4-membered cyclic amide) rings is 1. The highest BCUT2D eigenvalue weighted by molar-refractivity contribution is 7.86. The largest absolute Gasteiger partial charge is 0.452 e. The first-order chi connectivity index (χ1) is 19.1. The highest BCUT2D eigenvalue weighted by Gasteiger charge is 2.58. The topological polar surface area (TPSA) is 102 Å². The van der Waals surface area contributed by atoms with Gasteiger partial charge in [0, 0.05) is 29.2 Å². The molecule has 4 atom stereocenters. The van der Waals surface area contributed by atoms with Crippen molar-refractivity contribution < 1.29 is 33.1 Å². The third-order valence-electron chi connectivity index (χ3n) is 6.18. The maximum absolute atomic E-state index is 13.4. The van der Waals surface area contributed by atoms with Crippen LogP contribution >= 0.6 is 46.1 Å². The fourth-order valence-electron chi connectivity index (χ4n) is 4.23. The van der Waals surface area contributed by atoms with Crippen LogP contribution in [0.1, 0.15) is 13.8 Å². The third-order valence-corrected chi connectivity index (χ3v) is 9.72. The molecule has 0 aliphatic carbocycles. The zero-order valence-electron chi connectivity index (χ0n) is 20.7. The molecule has 2 amide bonds. The SMILES string of the molecule is CC(=O)N(c1cccs1)C1C(=O)N2C=C(C(=O)OOc3cc(Cl)ccc3Oc3ccc(Cl)cc3Cl)C(C)S(=O)[C@H]12. The van der Waals surface area contributed by atoms with Crippen molar-refractivity contribution in [1.29, 1.82) is 0 Å². The minimum absolute atomic E-state index is 0.0388. The van der Waals surface area contributed by atoms with Crippen molar-refractivity contribution in [3.05, 3.63) is 80.8 Å². The van der Waals surface area contributed by atoms with Gasteiger partial charge in [-0.05, 0) is 54.8 Å². The van der Waals surface area contributed by atoms with Crippen LogP contribution in [0.5, 0.6) is 17.2 Å². The molecule has 5 rings (SSSR count). The number of amides is 2. The van der Waals surface area contributed by atoms with Gasteiger partial charge in [0.1, 0.15) is 17.2 Å². The molecular formula is C26H19Cl3N2O7S2. The number of ether oxygens (including phenoxy) is 1. The first-order valence-corrected chi connectivity index (χ1v) is 14.9.